The molecule has 130 valence electrons. The maximum Gasteiger partial charge on any atom is 0.411 e. The van der Waals surface area contributed by atoms with E-state index in [1.165, 1.54) is 12.5 Å². The molecule has 0 spiro atoms. The standard InChI is InChI=1S/C18H17NO5S/c1-11-16(12-6-4-3-5-7-12)24-18(22)19(11)15-13(17(21)23-2)10-14(15)25-9-8-20/h3-7,9-11,13,15-16H,1-2H3. The summed E-state index contributed by atoms with van der Waals surface area (Å²) in [5.74, 6) is 0.694. The Labute approximate surface area is 149 Å². The van der Waals surface area contributed by atoms with Crippen LogP contribution >= 0.6 is 11.8 Å². The summed E-state index contributed by atoms with van der Waals surface area (Å²) in [5, 5.41) is 1.26. The summed E-state index contributed by atoms with van der Waals surface area (Å²) in [6.45, 7) is 1.88. The predicted octanol–water partition coefficient (Wildman–Crippen LogP) is 2.70. The highest BCUT2D eigenvalue weighted by molar-refractivity contribution is 8.06. The van der Waals surface area contributed by atoms with Gasteiger partial charge in [0.2, 0.25) is 0 Å². The molecule has 3 rings (SSSR count). The van der Waals surface area contributed by atoms with Gasteiger partial charge in [-0.2, -0.15) is 0 Å². The molecule has 0 bridgehead atoms. The average Bonchev–Trinajstić information content (AvgIpc) is 2.90. The third-order valence-electron chi connectivity index (χ3n) is 4.44. The van der Waals surface area contributed by atoms with Crippen LogP contribution in [0.2, 0.25) is 0 Å². The zero-order valence-electron chi connectivity index (χ0n) is 13.7. The summed E-state index contributed by atoms with van der Waals surface area (Å²) in [7, 11) is 1.31. The number of carbonyl (C=O) groups is 2. The lowest BCUT2D eigenvalue weighted by Gasteiger charge is -2.40. The highest BCUT2D eigenvalue weighted by Crippen LogP contribution is 2.45. The maximum atomic E-state index is 12.5. The molecule has 4 atom stereocenters. The Hall–Kier alpha value is -2.50. The number of hydrogen-bond acceptors (Lipinski definition) is 6. The number of amides is 1. The smallest absolute Gasteiger partial charge is 0.411 e. The summed E-state index contributed by atoms with van der Waals surface area (Å²) >= 11 is 1.15. The zero-order valence-corrected chi connectivity index (χ0v) is 14.6. The van der Waals surface area contributed by atoms with E-state index in [0.29, 0.717) is 0 Å². The van der Waals surface area contributed by atoms with Crippen molar-refractivity contribution in [2.24, 2.45) is 5.92 Å². The Morgan fingerprint density at radius 3 is 2.72 bits per heavy atom. The molecule has 1 aliphatic heterocycles. The molecule has 0 aromatic heterocycles. The van der Waals surface area contributed by atoms with Crippen LogP contribution in [0.5, 0.6) is 0 Å². The van der Waals surface area contributed by atoms with Crippen LogP contribution in [0.25, 0.3) is 0 Å². The Morgan fingerprint density at radius 2 is 2.08 bits per heavy atom. The molecule has 0 saturated carbocycles. The summed E-state index contributed by atoms with van der Waals surface area (Å²) in [4.78, 5) is 37.3. The van der Waals surface area contributed by atoms with Gasteiger partial charge in [0, 0.05) is 4.91 Å². The van der Waals surface area contributed by atoms with Crippen molar-refractivity contribution in [2.45, 2.75) is 25.1 Å². The van der Waals surface area contributed by atoms with Crippen molar-refractivity contribution in [1.29, 1.82) is 0 Å². The van der Waals surface area contributed by atoms with Gasteiger partial charge < -0.3 is 9.47 Å². The Bertz CT molecular complexity index is 756. The van der Waals surface area contributed by atoms with E-state index in [1.807, 2.05) is 37.3 Å². The lowest BCUT2D eigenvalue weighted by molar-refractivity contribution is -0.145. The van der Waals surface area contributed by atoms with Crippen LogP contribution in [0.15, 0.2) is 46.7 Å². The molecule has 7 heteroatoms. The molecule has 1 saturated heterocycles. The number of esters is 1. The van der Waals surface area contributed by atoms with Crippen molar-refractivity contribution in [3.63, 3.8) is 0 Å². The summed E-state index contributed by atoms with van der Waals surface area (Å²) in [5.41, 5.74) is 0.894. The summed E-state index contributed by atoms with van der Waals surface area (Å²) in [6.07, 6.45) is 0.798. The monoisotopic (exact) mass is 359 g/mol. The fourth-order valence-corrected chi connectivity index (χ4v) is 4.01. The third kappa shape index (κ3) is 3.08. The zero-order chi connectivity index (χ0) is 18.0. The quantitative estimate of drug-likeness (QED) is 0.594. The SMILES string of the molecule is COC(=O)C1C=C(SC=C=O)C1N1C(=O)OC(c2ccccc2)C1C. The fraction of sp³-hybridized carbons (Fsp3) is 0.333. The van der Waals surface area contributed by atoms with Gasteiger partial charge in [-0.3, -0.25) is 9.69 Å². The van der Waals surface area contributed by atoms with Crippen LogP contribution in [0, 0.1) is 5.92 Å². The van der Waals surface area contributed by atoms with Crippen molar-refractivity contribution >= 4 is 29.8 Å². The largest absolute Gasteiger partial charge is 0.468 e. The Balaban J connectivity index is 1.88. The second-order valence-electron chi connectivity index (χ2n) is 5.78. The molecule has 6 nitrogen and oxygen atoms in total. The number of rotatable bonds is 5. The van der Waals surface area contributed by atoms with E-state index >= 15 is 0 Å². The molecule has 0 radical (unpaired) electrons. The van der Waals surface area contributed by atoms with Crippen LogP contribution in [-0.4, -0.2) is 42.1 Å². The minimum absolute atomic E-state index is 0.267. The van der Waals surface area contributed by atoms with Gasteiger partial charge in [-0.25, -0.2) is 9.59 Å². The van der Waals surface area contributed by atoms with Crippen LogP contribution < -0.4 is 0 Å². The van der Waals surface area contributed by atoms with E-state index in [4.69, 9.17) is 9.47 Å². The van der Waals surface area contributed by atoms with E-state index in [0.717, 1.165) is 22.2 Å². The first-order valence-electron chi connectivity index (χ1n) is 7.78. The van der Waals surface area contributed by atoms with Gasteiger partial charge in [0.15, 0.2) is 0 Å². The molecule has 1 aliphatic carbocycles. The topological polar surface area (TPSA) is 72.9 Å². The van der Waals surface area contributed by atoms with Crippen molar-refractivity contribution < 1.29 is 23.9 Å². The van der Waals surface area contributed by atoms with Gasteiger partial charge in [0.25, 0.3) is 0 Å². The fourth-order valence-electron chi connectivity index (χ4n) is 3.21. The lowest BCUT2D eigenvalue weighted by atomic mass is 9.86. The number of ether oxygens (including phenoxy) is 2. The minimum atomic E-state index is -0.572. The van der Waals surface area contributed by atoms with Crippen LogP contribution in [0.1, 0.15) is 18.6 Å². The van der Waals surface area contributed by atoms with E-state index in [1.54, 1.807) is 16.9 Å². The van der Waals surface area contributed by atoms with Crippen LogP contribution in [-0.2, 0) is 19.1 Å². The lowest BCUT2D eigenvalue weighted by Crippen LogP contribution is -2.52. The van der Waals surface area contributed by atoms with E-state index in [-0.39, 0.29) is 6.04 Å². The predicted molar refractivity (Wildman–Crippen MR) is 92.2 cm³/mol. The van der Waals surface area contributed by atoms with Crippen molar-refractivity contribution in [1.82, 2.24) is 4.90 Å². The summed E-state index contributed by atoms with van der Waals surface area (Å²) in [6, 6.07) is 8.69. The van der Waals surface area contributed by atoms with Gasteiger partial charge in [0.05, 0.1) is 24.6 Å². The highest BCUT2D eigenvalue weighted by Gasteiger charge is 2.51. The van der Waals surface area contributed by atoms with Gasteiger partial charge >= 0.3 is 12.1 Å². The molecule has 1 amide bonds. The molecule has 1 aromatic carbocycles. The third-order valence-corrected chi connectivity index (χ3v) is 5.30. The van der Waals surface area contributed by atoms with Gasteiger partial charge in [-0.1, -0.05) is 48.2 Å². The Morgan fingerprint density at radius 1 is 1.36 bits per heavy atom. The summed E-state index contributed by atoms with van der Waals surface area (Å²) < 4.78 is 10.4. The number of thioether (sulfide) groups is 1. The van der Waals surface area contributed by atoms with E-state index in [9.17, 15) is 14.4 Å². The molecule has 25 heavy (non-hydrogen) atoms. The van der Waals surface area contributed by atoms with Crippen LogP contribution in [0.4, 0.5) is 4.79 Å². The molecular weight excluding hydrogens is 342 g/mol. The second kappa shape index (κ2) is 7.17. The number of nitrogens with zero attached hydrogens (tertiary/aromatic N) is 1. The van der Waals surface area contributed by atoms with Gasteiger partial charge in [-0.05, 0) is 12.5 Å². The molecule has 1 aromatic rings. The minimum Gasteiger partial charge on any atom is -0.468 e. The maximum absolute atomic E-state index is 12.5. The number of methoxy groups -OCH3 is 1. The molecular formula is C18H17NO5S. The number of cyclic esters (lactones) is 1. The molecule has 1 fully saturated rings. The number of carbonyl (C=O) groups excluding carboxylic acids is 3. The number of hydrogen-bond donors (Lipinski definition) is 0. The number of benzene rings is 1. The first kappa shape index (κ1) is 17.3. The second-order valence-corrected chi connectivity index (χ2v) is 6.72. The van der Waals surface area contributed by atoms with Crippen molar-refractivity contribution in [3.8, 4) is 0 Å². The van der Waals surface area contributed by atoms with Crippen molar-refractivity contribution in [3.05, 3.63) is 52.3 Å². The highest BCUT2D eigenvalue weighted by atomic mass is 32.2. The molecule has 0 N–H and O–H groups in total. The first-order valence-corrected chi connectivity index (χ1v) is 8.66. The average molecular weight is 359 g/mol. The van der Waals surface area contributed by atoms with Crippen molar-refractivity contribution in [2.75, 3.05) is 7.11 Å². The van der Waals surface area contributed by atoms with Crippen LogP contribution in [0.3, 0.4) is 0 Å². The molecule has 2 aliphatic rings. The molecule has 4 unspecified atom stereocenters. The molecule has 1 heterocycles. The first-order chi connectivity index (χ1) is 12.1. The van der Waals surface area contributed by atoms with Gasteiger partial charge in [-0.15, -0.1) is 0 Å². The van der Waals surface area contributed by atoms with Gasteiger partial charge in [0.1, 0.15) is 18.0 Å². The van der Waals surface area contributed by atoms with E-state index < -0.39 is 30.1 Å². The Kier molecular flexibility index (Phi) is 4.97. The normalized spacial score (nSPS) is 27.7. The van der Waals surface area contributed by atoms with E-state index in [2.05, 4.69) is 0 Å².